The number of aromatic amines is 1. The number of hydrogen-bond acceptors (Lipinski definition) is 5. The Kier molecular flexibility index (Phi) is 3.92. The van der Waals surface area contributed by atoms with Crippen LogP contribution < -0.4 is 5.32 Å². The maximum atomic E-state index is 12.2. The number of para-hydroxylation sites is 2. The lowest BCUT2D eigenvalue weighted by Gasteiger charge is -2.22. The largest absolute Gasteiger partial charge is 0.465 e. The molecule has 1 aromatic carbocycles. The van der Waals surface area contributed by atoms with E-state index >= 15 is 0 Å². The number of aromatic nitrogens is 2. The van der Waals surface area contributed by atoms with Gasteiger partial charge in [0.25, 0.3) is 0 Å². The SMILES string of the molecule is O=N[C@H]1C[C@@H](c2nc3ccccc3[nH]2)N(C(=O)CNC(=O)O)C1. The topological polar surface area (TPSA) is 128 Å². The van der Waals surface area contributed by atoms with Crippen molar-refractivity contribution >= 4 is 23.0 Å². The summed E-state index contributed by atoms with van der Waals surface area (Å²) in [5.41, 5.74) is 1.60. The van der Waals surface area contributed by atoms with Crippen LogP contribution in [0.3, 0.4) is 0 Å². The van der Waals surface area contributed by atoms with E-state index in [0.29, 0.717) is 12.2 Å². The number of likely N-dealkylation sites (tertiary alicyclic amines) is 1. The molecule has 0 bridgehead atoms. The predicted molar refractivity (Wildman–Crippen MR) is 80.8 cm³/mol. The molecule has 0 radical (unpaired) electrons. The number of hydrogen-bond donors (Lipinski definition) is 3. The Hall–Kier alpha value is -2.97. The van der Waals surface area contributed by atoms with Crippen molar-refractivity contribution in [2.75, 3.05) is 13.1 Å². The lowest BCUT2D eigenvalue weighted by Crippen LogP contribution is -2.40. The van der Waals surface area contributed by atoms with Crippen LogP contribution in [0.2, 0.25) is 0 Å². The molecule has 3 rings (SSSR count). The molecule has 1 fully saturated rings. The van der Waals surface area contributed by atoms with Crippen molar-refractivity contribution < 1.29 is 14.7 Å². The summed E-state index contributed by atoms with van der Waals surface area (Å²) >= 11 is 0. The van der Waals surface area contributed by atoms with Gasteiger partial charge in [0, 0.05) is 13.0 Å². The number of nitrogens with one attached hydrogen (secondary N) is 2. The van der Waals surface area contributed by atoms with Gasteiger partial charge in [0.2, 0.25) is 5.91 Å². The average molecular weight is 317 g/mol. The number of carbonyl (C=O) groups is 2. The Labute approximate surface area is 130 Å². The van der Waals surface area contributed by atoms with Crippen LogP contribution in [0.5, 0.6) is 0 Å². The van der Waals surface area contributed by atoms with Crippen LogP contribution in [0.4, 0.5) is 4.79 Å². The Morgan fingerprint density at radius 1 is 1.43 bits per heavy atom. The van der Waals surface area contributed by atoms with Crippen molar-refractivity contribution in [2.45, 2.75) is 18.5 Å². The fourth-order valence-electron chi connectivity index (χ4n) is 2.81. The van der Waals surface area contributed by atoms with E-state index in [0.717, 1.165) is 11.0 Å². The third-order valence-corrected chi connectivity index (χ3v) is 3.86. The number of amides is 2. The molecule has 1 aliphatic heterocycles. The van der Waals surface area contributed by atoms with E-state index in [2.05, 4.69) is 15.1 Å². The minimum atomic E-state index is -1.28. The second kappa shape index (κ2) is 6.03. The lowest BCUT2D eigenvalue weighted by molar-refractivity contribution is -0.131. The molecule has 1 aromatic heterocycles. The number of benzene rings is 1. The monoisotopic (exact) mass is 317 g/mol. The van der Waals surface area contributed by atoms with E-state index in [-0.39, 0.29) is 13.1 Å². The highest BCUT2D eigenvalue weighted by Crippen LogP contribution is 2.32. The number of rotatable bonds is 4. The molecule has 9 nitrogen and oxygen atoms in total. The van der Waals surface area contributed by atoms with E-state index in [1.807, 2.05) is 29.6 Å². The van der Waals surface area contributed by atoms with Crippen LogP contribution in [0.1, 0.15) is 18.3 Å². The lowest BCUT2D eigenvalue weighted by atomic mass is 10.1. The molecule has 2 aromatic rings. The second-order valence-corrected chi connectivity index (χ2v) is 5.35. The van der Waals surface area contributed by atoms with E-state index in [1.54, 1.807) is 0 Å². The average Bonchev–Trinajstić information content (AvgIpc) is 3.15. The van der Waals surface area contributed by atoms with E-state index in [9.17, 15) is 14.5 Å². The predicted octanol–water partition coefficient (Wildman–Crippen LogP) is 1.24. The summed E-state index contributed by atoms with van der Waals surface area (Å²) in [4.78, 5) is 42.7. The van der Waals surface area contributed by atoms with Crippen molar-refractivity contribution in [2.24, 2.45) is 5.18 Å². The summed E-state index contributed by atoms with van der Waals surface area (Å²) in [6.45, 7) is -0.191. The van der Waals surface area contributed by atoms with Gasteiger partial charge in [-0.3, -0.25) is 4.79 Å². The number of carboxylic acid groups (broad SMARTS) is 1. The van der Waals surface area contributed by atoms with E-state index < -0.39 is 24.1 Å². The van der Waals surface area contributed by atoms with Crippen LogP contribution in [0.15, 0.2) is 29.4 Å². The Bertz CT molecular complexity index is 725. The molecule has 0 unspecified atom stereocenters. The zero-order valence-corrected chi connectivity index (χ0v) is 12.1. The van der Waals surface area contributed by atoms with Gasteiger partial charge < -0.3 is 20.3 Å². The molecule has 3 N–H and O–H groups in total. The zero-order valence-electron chi connectivity index (χ0n) is 12.1. The molecule has 0 saturated carbocycles. The van der Waals surface area contributed by atoms with Gasteiger partial charge in [0.15, 0.2) is 0 Å². The van der Waals surface area contributed by atoms with Crippen LogP contribution in [-0.2, 0) is 4.79 Å². The first-order valence-electron chi connectivity index (χ1n) is 7.12. The highest BCUT2D eigenvalue weighted by Gasteiger charge is 2.38. The van der Waals surface area contributed by atoms with Crippen molar-refractivity contribution in [3.8, 4) is 0 Å². The molecule has 2 atom stereocenters. The third kappa shape index (κ3) is 2.98. The second-order valence-electron chi connectivity index (χ2n) is 5.35. The standard InChI is InChI=1S/C14H15N5O4/c20-12(6-15-14(21)22)19-7-8(18-23)5-11(19)13-16-9-3-1-2-4-10(9)17-13/h1-4,8,11,15H,5-7H2,(H,16,17)(H,21,22)/t8-,11-/m0/s1. The minimum Gasteiger partial charge on any atom is -0.465 e. The summed E-state index contributed by atoms with van der Waals surface area (Å²) in [6, 6.07) is 6.49. The Balaban J connectivity index is 1.86. The Morgan fingerprint density at radius 3 is 2.91 bits per heavy atom. The molecule has 0 spiro atoms. The van der Waals surface area contributed by atoms with Crippen LogP contribution in [0.25, 0.3) is 11.0 Å². The molecule has 2 amide bonds. The third-order valence-electron chi connectivity index (χ3n) is 3.86. The van der Waals surface area contributed by atoms with Crippen molar-refractivity contribution in [1.82, 2.24) is 20.2 Å². The van der Waals surface area contributed by atoms with E-state index in [1.165, 1.54) is 4.90 Å². The van der Waals surface area contributed by atoms with Gasteiger partial charge in [-0.1, -0.05) is 17.3 Å². The summed E-state index contributed by atoms with van der Waals surface area (Å²) in [6.07, 6.45) is -0.912. The number of nitroso groups, excluding NO2 is 1. The first-order valence-corrected chi connectivity index (χ1v) is 7.12. The van der Waals surface area contributed by atoms with Crippen LogP contribution in [-0.4, -0.2) is 51.1 Å². The van der Waals surface area contributed by atoms with Crippen molar-refractivity contribution in [3.63, 3.8) is 0 Å². The van der Waals surface area contributed by atoms with Gasteiger partial charge in [0.05, 0.1) is 17.1 Å². The normalized spacial score (nSPS) is 20.6. The van der Waals surface area contributed by atoms with Gasteiger partial charge >= 0.3 is 6.09 Å². The first-order chi connectivity index (χ1) is 11.1. The Morgan fingerprint density at radius 2 is 2.22 bits per heavy atom. The summed E-state index contributed by atoms with van der Waals surface area (Å²) < 4.78 is 0. The number of H-pyrrole nitrogens is 1. The van der Waals surface area contributed by atoms with Crippen LogP contribution in [0, 0.1) is 4.91 Å². The smallest absolute Gasteiger partial charge is 0.405 e. The fraction of sp³-hybridized carbons (Fsp3) is 0.357. The fourth-order valence-corrected chi connectivity index (χ4v) is 2.81. The number of nitrogens with zero attached hydrogens (tertiary/aromatic N) is 3. The summed E-state index contributed by atoms with van der Waals surface area (Å²) in [7, 11) is 0. The van der Waals surface area contributed by atoms with E-state index in [4.69, 9.17) is 5.11 Å². The molecular formula is C14H15N5O4. The van der Waals surface area contributed by atoms with Crippen molar-refractivity contribution in [1.29, 1.82) is 0 Å². The zero-order chi connectivity index (χ0) is 16.4. The maximum Gasteiger partial charge on any atom is 0.405 e. The first kappa shape index (κ1) is 14.9. The molecule has 0 aliphatic carbocycles. The van der Waals surface area contributed by atoms with Crippen LogP contribution >= 0.6 is 0 Å². The maximum absolute atomic E-state index is 12.2. The number of fused-ring (bicyclic) bond motifs is 1. The van der Waals surface area contributed by atoms with Gasteiger partial charge in [-0.05, 0) is 12.1 Å². The van der Waals surface area contributed by atoms with Gasteiger partial charge in [0.1, 0.15) is 18.4 Å². The highest BCUT2D eigenvalue weighted by atomic mass is 16.4. The minimum absolute atomic E-state index is 0.158. The highest BCUT2D eigenvalue weighted by molar-refractivity contribution is 5.82. The number of imidazole rings is 1. The molecular weight excluding hydrogens is 302 g/mol. The van der Waals surface area contributed by atoms with Gasteiger partial charge in [-0.2, -0.15) is 4.91 Å². The van der Waals surface area contributed by atoms with Gasteiger partial charge in [-0.15, -0.1) is 0 Å². The number of carbonyl (C=O) groups excluding carboxylic acids is 1. The molecule has 2 heterocycles. The molecule has 120 valence electrons. The van der Waals surface area contributed by atoms with Crippen molar-refractivity contribution in [3.05, 3.63) is 35.0 Å². The molecule has 1 aliphatic rings. The molecule has 9 heteroatoms. The molecule has 23 heavy (non-hydrogen) atoms. The molecule has 1 saturated heterocycles. The summed E-state index contributed by atoms with van der Waals surface area (Å²) in [5, 5.41) is 13.7. The van der Waals surface area contributed by atoms with Gasteiger partial charge in [-0.25, -0.2) is 9.78 Å². The summed E-state index contributed by atoms with van der Waals surface area (Å²) in [5.74, 6) is 0.157. The quantitative estimate of drug-likeness (QED) is 0.731.